The maximum atomic E-state index is 12.3. The van der Waals surface area contributed by atoms with Gasteiger partial charge < -0.3 is 14.8 Å². The molecule has 2 aromatic heterocycles. The van der Waals surface area contributed by atoms with Gasteiger partial charge in [0.15, 0.2) is 0 Å². The van der Waals surface area contributed by atoms with Gasteiger partial charge in [-0.2, -0.15) is 0 Å². The number of rotatable bonds is 3. The van der Waals surface area contributed by atoms with Crippen LogP contribution >= 0.6 is 11.6 Å². The Morgan fingerprint density at radius 2 is 2.04 bits per heavy atom. The van der Waals surface area contributed by atoms with Gasteiger partial charge in [-0.1, -0.05) is 11.6 Å². The second-order valence-electron chi connectivity index (χ2n) is 5.02. The molecule has 23 heavy (non-hydrogen) atoms. The van der Waals surface area contributed by atoms with E-state index < -0.39 is 5.97 Å². The molecule has 6 nitrogen and oxygen atoms in total. The van der Waals surface area contributed by atoms with Crippen molar-refractivity contribution in [2.75, 3.05) is 5.32 Å². The summed E-state index contributed by atoms with van der Waals surface area (Å²) in [5, 5.41) is 11.8. The van der Waals surface area contributed by atoms with Crippen molar-refractivity contribution in [3.63, 3.8) is 0 Å². The van der Waals surface area contributed by atoms with Crippen LogP contribution in [0.15, 0.2) is 42.7 Å². The van der Waals surface area contributed by atoms with Crippen LogP contribution in [-0.4, -0.2) is 26.4 Å². The number of carbonyl (C=O) groups is 2. The summed E-state index contributed by atoms with van der Waals surface area (Å²) in [6, 6.07) is 7.63. The molecule has 0 saturated heterocycles. The van der Waals surface area contributed by atoms with Gasteiger partial charge >= 0.3 is 5.97 Å². The van der Waals surface area contributed by atoms with Gasteiger partial charge in [-0.05, 0) is 37.3 Å². The first-order valence-electron chi connectivity index (χ1n) is 6.73. The lowest BCUT2D eigenvalue weighted by Gasteiger charge is -2.07. The highest BCUT2D eigenvalue weighted by Crippen LogP contribution is 2.21. The topological polar surface area (TPSA) is 83.7 Å². The zero-order chi connectivity index (χ0) is 16.6. The zero-order valence-electron chi connectivity index (χ0n) is 12.1. The third kappa shape index (κ3) is 3.02. The highest BCUT2D eigenvalue weighted by atomic mass is 35.5. The van der Waals surface area contributed by atoms with Gasteiger partial charge in [-0.15, -0.1) is 0 Å². The molecule has 0 aliphatic heterocycles. The Balaban J connectivity index is 1.88. The monoisotopic (exact) mass is 329 g/mol. The lowest BCUT2D eigenvalue weighted by Crippen LogP contribution is -2.13. The number of aromatic carboxylic acids is 1. The smallest absolute Gasteiger partial charge is 0.337 e. The minimum atomic E-state index is -1.15. The fourth-order valence-corrected chi connectivity index (χ4v) is 2.42. The number of hydrogen-bond donors (Lipinski definition) is 2. The van der Waals surface area contributed by atoms with Crippen LogP contribution in [0.5, 0.6) is 0 Å². The maximum absolute atomic E-state index is 12.3. The zero-order valence-corrected chi connectivity index (χ0v) is 12.8. The quantitative estimate of drug-likeness (QED) is 0.772. The average Bonchev–Trinajstić information content (AvgIpc) is 2.87. The van der Waals surface area contributed by atoms with Crippen LogP contribution in [0.4, 0.5) is 5.69 Å². The fourth-order valence-electron chi connectivity index (χ4n) is 2.22. The number of carbonyl (C=O) groups excluding carboxylic acids is 1. The molecule has 0 saturated carbocycles. The maximum Gasteiger partial charge on any atom is 0.337 e. The molecule has 0 aliphatic carbocycles. The highest BCUT2D eigenvalue weighted by Gasteiger charge is 2.12. The van der Waals surface area contributed by atoms with Gasteiger partial charge in [0.2, 0.25) is 0 Å². The Labute approximate surface area is 136 Å². The molecular formula is C16H12ClN3O3. The SMILES string of the molecule is Cc1cn2ccc(C(=O)Nc3ccc(Cl)c(C(=O)O)c3)cc2n1. The van der Waals surface area contributed by atoms with Crippen LogP contribution < -0.4 is 5.32 Å². The number of pyridine rings is 1. The van der Waals surface area contributed by atoms with Gasteiger partial charge in [0.05, 0.1) is 16.3 Å². The summed E-state index contributed by atoms with van der Waals surface area (Å²) in [4.78, 5) is 27.7. The molecule has 0 unspecified atom stereocenters. The summed E-state index contributed by atoms with van der Waals surface area (Å²) in [5.74, 6) is -1.51. The predicted octanol–water partition coefficient (Wildman–Crippen LogP) is 3.25. The molecule has 0 aliphatic rings. The molecule has 0 spiro atoms. The number of aryl methyl sites for hydroxylation is 1. The summed E-state index contributed by atoms with van der Waals surface area (Å²) in [6.45, 7) is 1.87. The number of hydrogen-bond acceptors (Lipinski definition) is 3. The van der Waals surface area contributed by atoms with E-state index in [0.717, 1.165) is 5.69 Å². The normalized spacial score (nSPS) is 10.7. The number of aromatic nitrogens is 2. The van der Waals surface area contributed by atoms with Gasteiger partial charge in [0.1, 0.15) is 5.65 Å². The molecule has 3 aromatic rings. The molecule has 2 N–H and O–H groups in total. The van der Waals surface area contributed by atoms with Gasteiger partial charge in [-0.25, -0.2) is 9.78 Å². The molecule has 2 heterocycles. The van der Waals surface area contributed by atoms with Crippen molar-refractivity contribution in [2.24, 2.45) is 0 Å². The van der Waals surface area contributed by atoms with Crippen molar-refractivity contribution in [1.29, 1.82) is 0 Å². The number of fused-ring (bicyclic) bond motifs is 1. The van der Waals surface area contributed by atoms with Gasteiger partial charge in [-0.3, -0.25) is 4.79 Å². The third-order valence-electron chi connectivity index (χ3n) is 3.30. The first kappa shape index (κ1) is 15.1. The van der Waals surface area contributed by atoms with E-state index in [1.807, 2.05) is 17.5 Å². The van der Waals surface area contributed by atoms with E-state index in [2.05, 4.69) is 10.3 Å². The molecule has 0 atom stereocenters. The van der Waals surface area contributed by atoms with Crippen molar-refractivity contribution in [2.45, 2.75) is 6.92 Å². The number of amides is 1. The van der Waals surface area contributed by atoms with E-state index in [-0.39, 0.29) is 16.5 Å². The first-order valence-corrected chi connectivity index (χ1v) is 7.11. The van der Waals surface area contributed by atoms with E-state index in [9.17, 15) is 9.59 Å². The number of anilines is 1. The fraction of sp³-hybridized carbons (Fsp3) is 0.0625. The summed E-state index contributed by atoms with van der Waals surface area (Å²) < 4.78 is 1.82. The summed E-state index contributed by atoms with van der Waals surface area (Å²) >= 11 is 5.81. The number of imidazole rings is 1. The van der Waals surface area contributed by atoms with Crippen LogP contribution in [0.3, 0.4) is 0 Å². The van der Waals surface area contributed by atoms with E-state index >= 15 is 0 Å². The Kier molecular flexibility index (Phi) is 3.75. The minimum Gasteiger partial charge on any atom is -0.478 e. The number of nitrogens with one attached hydrogen (secondary N) is 1. The van der Waals surface area contributed by atoms with Crippen molar-refractivity contribution in [1.82, 2.24) is 9.38 Å². The van der Waals surface area contributed by atoms with E-state index in [4.69, 9.17) is 16.7 Å². The Morgan fingerprint density at radius 3 is 2.78 bits per heavy atom. The van der Waals surface area contributed by atoms with E-state index in [1.165, 1.54) is 12.1 Å². The molecule has 1 amide bonds. The largest absolute Gasteiger partial charge is 0.478 e. The Morgan fingerprint density at radius 1 is 1.26 bits per heavy atom. The van der Waals surface area contributed by atoms with Crippen molar-refractivity contribution < 1.29 is 14.7 Å². The molecule has 0 bridgehead atoms. The molecule has 3 rings (SSSR count). The number of halogens is 1. The first-order chi connectivity index (χ1) is 10.9. The number of nitrogens with zero attached hydrogens (tertiary/aromatic N) is 2. The summed E-state index contributed by atoms with van der Waals surface area (Å²) in [7, 11) is 0. The standard InChI is InChI=1S/C16H12ClN3O3/c1-9-8-20-5-4-10(6-14(20)18-9)15(21)19-11-2-3-13(17)12(7-11)16(22)23/h2-8H,1H3,(H,19,21)(H,22,23). The van der Waals surface area contributed by atoms with Crippen LogP contribution in [0.2, 0.25) is 5.02 Å². The Bertz CT molecular complexity index is 933. The number of carboxylic acids is 1. The molecular weight excluding hydrogens is 318 g/mol. The second kappa shape index (κ2) is 5.73. The molecule has 0 fully saturated rings. The third-order valence-corrected chi connectivity index (χ3v) is 3.63. The molecule has 1 aromatic carbocycles. The number of benzene rings is 1. The molecule has 116 valence electrons. The van der Waals surface area contributed by atoms with Crippen molar-refractivity contribution >= 4 is 34.8 Å². The van der Waals surface area contributed by atoms with E-state index in [1.54, 1.807) is 24.4 Å². The highest BCUT2D eigenvalue weighted by molar-refractivity contribution is 6.33. The van der Waals surface area contributed by atoms with Crippen molar-refractivity contribution in [3.05, 3.63) is 64.6 Å². The minimum absolute atomic E-state index is 0.0659. The number of carboxylic acid groups (broad SMARTS) is 1. The van der Waals surface area contributed by atoms with E-state index in [0.29, 0.717) is 16.9 Å². The van der Waals surface area contributed by atoms with Gasteiger partial charge in [0.25, 0.3) is 5.91 Å². The van der Waals surface area contributed by atoms with Gasteiger partial charge in [0, 0.05) is 23.6 Å². The molecule has 0 radical (unpaired) electrons. The summed E-state index contributed by atoms with van der Waals surface area (Å²) in [5.41, 5.74) is 2.23. The van der Waals surface area contributed by atoms with Crippen LogP contribution in [-0.2, 0) is 0 Å². The second-order valence-corrected chi connectivity index (χ2v) is 5.42. The molecule has 7 heteroatoms. The van der Waals surface area contributed by atoms with Crippen LogP contribution in [0.1, 0.15) is 26.4 Å². The predicted molar refractivity (Wildman–Crippen MR) is 86.3 cm³/mol. The lowest BCUT2D eigenvalue weighted by atomic mass is 10.2. The average molecular weight is 330 g/mol. The van der Waals surface area contributed by atoms with Crippen LogP contribution in [0, 0.1) is 6.92 Å². The van der Waals surface area contributed by atoms with Crippen molar-refractivity contribution in [3.8, 4) is 0 Å². The Hall–Kier alpha value is -2.86. The van der Waals surface area contributed by atoms with Crippen LogP contribution in [0.25, 0.3) is 5.65 Å². The lowest BCUT2D eigenvalue weighted by molar-refractivity contribution is 0.0696. The summed E-state index contributed by atoms with van der Waals surface area (Å²) in [6.07, 6.45) is 3.60.